The SMILES string of the molecule is CCC1CN(c2cccc3c2CCCC3)C(C)CN1. The van der Waals surface area contributed by atoms with Crippen molar-refractivity contribution in [2.24, 2.45) is 0 Å². The van der Waals surface area contributed by atoms with Gasteiger partial charge in [0.1, 0.15) is 0 Å². The Balaban J connectivity index is 1.92. The molecule has 19 heavy (non-hydrogen) atoms. The summed E-state index contributed by atoms with van der Waals surface area (Å²) in [5, 5.41) is 3.66. The van der Waals surface area contributed by atoms with Crippen molar-refractivity contribution >= 4 is 5.69 Å². The number of hydrogen-bond donors (Lipinski definition) is 1. The Morgan fingerprint density at radius 3 is 2.95 bits per heavy atom. The molecule has 3 rings (SSSR count). The van der Waals surface area contributed by atoms with Gasteiger partial charge in [0.25, 0.3) is 0 Å². The maximum atomic E-state index is 3.66. The molecule has 2 aliphatic rings. The van der Waals surface area contributed by atoms with Crippen molar-refractivity contribution in [1.29, 1.82) is 0 Å². The summed E-state index contributed by atoms with van der Waals surface area (Å²) in [6.07, 6.45) is 6.50. The monoisotopic (exact) mass is 258 g/mol. The van der Waals surface area contributed by atoms with E-state index in [2.05, 4.69) is 42.3 Å². The summed E-state index contributed by atoms with van der Waals surface area (Å²) < 4.78 is 0. The normalized spacial score (nSPS) is 27.2. The van der Waals surface area contributed by atoms with E-state index in [-0.39, 0.29) is 0 Å². The zero-order valence-corrected chi connectivity index (χ0v) is 12.3. The quantitative estimate of drug-likeness (QED) is 0.876. The molecule has 0 aromatic heterocycles. The predicted molar refractivity (Wildman–Crippen MR) is 82.0 cm³/mol. The molecule has 1 fully saturated rings. The highest BCUT2D eigenvalue weighted by Crippen LogP contribution is 2.32. The summed E-state index contributed by atoms with van der Waals surface area (Å²) in [6.45, 7) is 6.91. The number of benzene rings is 1. The van der Waals surface area contributed by atoms with Crippen molar-refractivity contribution in [3.05, 3.63) is 29.3 Å². The molecule has 2 nitrogen and oxygen atoms in total. The van der Waals surface area contributed by atoms with Crippen LogP contribution in [0.4, 0.5) is 5.69 Å². The molecule has 1 heterocycles. The van der Waals surface area contributed by atoms with Crippen LogP contribution in [0.3, 0.4) is 0 Å². The van der Waals surface area contributed by atoms with Crippen LogP contribution in [0.1, 0.15) is 44.2 Å². The van der Waals surface area contributed by atoms with Crippen LogP contribution in [-0.2, 0) is 12.8 Å². The van der Waals surface area contributed by atoms with Crippen LogP contribution in [-0.4, -0.2) is 25.2 Å². The highest BCUT2D eigenvalue weighted by molar-refractivity contribution is 5.58. The van der Waals surface area contributed by atoms with E-state index in [1.165, 1.54) is 37.8 Å². The van der Waals surface area contributed by atoms with E-state index in [0.29, 0.717) is 12.1 Å². The number of aryl methyl sites for hydroxylation is 1. The van der Waals surface area contributed by atoms with Crippen LogP contribution in [0.2, 0.25) is 0 Å². The van der Waals surface area contributed by atoms with Crippen LogP contribution < -0.4 is 10.2 Å². The van der Waals surface area contributed by atoms with Gasteiger partial charge in [-0.25, -0.2) is 0 Å². The summed E-state index contributed by atoms with van der Waals surface area (Å²) >= 11 is 0. The second-order valence-electron chi connectivity index (χ2n) is 6.14. The minimum Gasteiger partial charge on any atom is -0.366 e. The van der Waals surface area contributed by atoms with Gasteiger partial charge < -0.3 is 10.2 Å². The second-order valence-corrected chi connectivity index (χ2v) is 6.14. The van der Waals surface area contributed by atoms with Crippen LogP contribution in [0.5, 0.6) is 0 Å². The first-order valence-corrected chi connectivity index (χ1v) is 7.90. The molecule has 0 bridgehead atoms. The molecule has 1 aliphatic carbocycles. The zero-order chi connectivity index (χ0) is 13.2. The highest BCUT2D eigenvalue weighted by atomic mass is 15.2. The highest BCUT2D eigenvalue weighted by Gasteiger charge is 2.26. The fourth-order valence-electron chi connectivity index (χ4n) is 3.57. The van der Waals surface area contributed by atoms with E-state index < -0.39 is 0 Å². The number of fused-ring (bicyclic) bond motifs is 1. The largest absolute Gasteiger partial charge is 0.366 e. The van der Waals surface area contributed by atoms with Gasteiger partial charge in [-0.15, -0.1) is 0 Å². The second kappa shape index (κ2) is 5.54. The van der Waals surface area contributed by atoms with Crippen molar-refractivity contribution in [2.45, 2.75) is 58.0 Å². The molecule has 1 aliphatic heterocycles. The maximum Gasteiger partial charge on any atom is 0.0404 e. The molecule has 2 atom stereocenters. The molecule has 1 aromatic carbocycles. The molecule has 1 saturated heterocycles. The molecule has 1 N–H and O–H groups in total. The van der Waals surface area contributed by atoms with Gasteiger partial charge >= 0.3 is 0 Å². The van der Waals surface area contributed by atoms with E-state index in [0.717, 1.165) is 13.1 Å². The smallest absolute Gasteiger partial charge is 0.0404 e. The summed E-state index contributed by atoms with van der Waals surface area (Å²) in [5.41, 5.74) is 4.75. The van der Waals surface area contributed by atoms with Crippen molar-refractivity contribution in [2.75, 3.05) is 18.0 Å². The minimum absolute atomic E-state index is 0.608. The first-order chi connectivity index (χ1) is 9.29. The molecule has 1 aromatic rings. The van der Waals surface area contributed by atoms with Gasteiger partial charge in [0.05, 0.1) is 0 Å². The average Bonchev–Trinajstić information content (AvgIpc) is 2.47. The van der Waals surface area contributed by atoms with E-state index in [1.807, 2.05) is 0 Å². The Bertz CT molecular complexity index is 441. The minimum atomic E-state index is 0.608. The van der Waals surface area contributed by atoms with Gasteiger partial charge in [0.15, 0.2) is 0 Å². The molecule has 0 amide bonds. The topological polar surface area (TPSA) is 15.3 Å². The number of hydrogen-bond acceptors (Lipinski definition) is 2. The first-order valence-electron chi connectivity index (χ1n) is 7.90. The third-order valence-electron chi connectivity index (χ3n) is 4.82. The summed E-state index contributed by atoms with van der Waals surface area (Å²) in [5.74, 6) is 0. The average molecular weight is 258 g/mol. The molecule has 0 saturated carbocycles. The molecule has 0 radical (unpaired) electrons. The lowest BCUT2D eigenvalue weighted by Gasteiger charge is -2.41. The van der Waals surface area contributed by atoms with Crippen molar-refractivity contribution < 1.29 is 0 Å². The van der Waals surface area contributed by atoms with Gasteiger partial charge in [-0.3, -0.25) is 0 Å². The fraction of sp³-hybridized carbons (Fsp3) is 0.647. The fourth-order valence-corrected chi connectivity index (χ4v) is 3.57. The standard InChI is InChI=1S/C17H26N2/c1-3-15-12-19(13(2)11-18-15)17-10-6-8-14-7-4-5-9-16(14)17/h6,8,10,13,15,18H,3-5,7,9,11-12H2,1-2H3. The molecule has 2 unspecified atom stereocenters. The third-order valence-corrected chi connectivity index (χ3v) is 4.82. The molecular formula is C17H26N2. The first kappa shape index (κ1) is 13.0. The third kappa shape index (κ3) is 2.51. The summed E-state index contributed by atoms with van der Waals surface area (Å²) in [7, 11) is 0. The van der Waals surface area contributed by atoms with Crippen LogP contribution in [0, 0.1) is 0 Å². The number of nitrogens with zero attached hydrogens (tertiary/aromatic N) is 1. The molecule has 104 valence electrons. The lowest BCUT2D eigenvalue weighted by atomic mass is 9.89. The lowest BCUT2D eigenvalue weighted by molar-refractivity contribution is 0.396. The molecule has 2 heteroatoms. The maximum absolute atomic E-state index is 3.66. The summed E-state index contributed by atoms with van der Waals surface area (Å²) in [6, 6.07) is 8.20. The Kier molecular flexibility index (Phi) is 3.79. The number of nitrogens with one attached hydrogen (secondary N) is 1. The Morgan fingerprint density at radius 2 is 2.11 bits per heavy atom. The van der Waals surface area contributed by atoms with Crippen molar-refractivity contribution in [3.63, 3.8) is 0 Å². The predicted octanol–water partition coefficient (Wildman–Crippen LogP) is 3.14. The van der Waals surface area contributed by atoms with Crippen LogP contribution in [0.15, 0.2) is 18.2 Å². The Labute approximate surface area is 117 Å². The zero-order valence-electron chi connectivity index (χ0n) is 12.3. The Hall–Kier alpha value is -1.02. The lowest BCUT2D eigenvalue weighted by Crippen LogP contribution is -2.55. The Morgan fingerprint density at radius 1 is 1.26 bits per heavy atom. The van der Waals surface area contributed by atoms with E-state index in [9.17, 15) is 0 Å². The van der Waals surface area contributed by atoms with E-state index in [1.54, 1.807) is 11.1 Å². The van der Waals surface area contributed by atoms with E-state index >= 15 is 0 Å². The van der Waals surface area contributed by atoms with Crippen molar-refractivity contribution in [1.82, 2.24) is 5.32 Å². The van der Waals surface area contributed by atoms with Gasteiger partial charge in [-0.1, -0.05) is 19.1 Å². The van der Waals surface area contributed by atoms with Crippen LogP contribution in [0.25, 0.3) is 0 Å². The number of anilines is 1. The molecule has 0 spiro atoms. The van der Waals surface area contributed by atoms with Gasteiger partial charge in [0.2, 0.25) is 0 Å². The van der Waals surface area contributed by atoms with Crippen LogP contribution >= 0.6 is 0 Å². The van der Waals surface area contributed by atoms with Gasteiger partial charge in [0, 0.05) is 30.9 Å². The van der Waals surface area contributed by atoms with E-state index in [4.69, 9.17) is 0 Å². The summed E-state index contributed by atoms with van der Waals surface area (Å²) in [4.78, 5) is 2.65. The number of rotatable bonds is 2. The molecular weight excluding hydrogens is 232 g/mol. The van der Waals surface area contributed by atoms with Crippen molar-refractivity contribution in [3.8, 4) is 0 Å². The number of piperazine rings is 1. The van der Waals surface area contributed by atoms with Gasteiger partial charge in [-0.05, 0) is 56.2 Å². The van der Waals surface area contributed by atoms with Gasteiger partial charge in [-0.2, -0.15) is 0 Å².